The summed E-state index contributed by atoms with van der Waals surface area (Å²) in [7, 11) is 0. The van der Waals surface area contributed by atoms with Crippen molar-refractivity contribution in [3.8, 4) is 0 Å². The van der Waals surface area contributed by atoms with Gasteiger partial charge in [-0.05, 0) is 60.7 Å². The summed E-state index contributed by atoms with van der Waals surface area (Å²) in [6.45, 7) is 0. The Bertz CT molecular complexity index is 1240. The third-order valence-electron chi connectivity index (χ3n) is 4.26. The maximum atomic E-state index is 12.2. The molecule has 3 aromatic carbocycles. The van der Waals surface area contributed by atoms with Gasteiger partial charge < -0.3 is 15.6 Å². The lowest BCUT2D eigenvalue weighted by molar-refractivity contribution is 0.262. The number of urea groups is 1. The normalized spacial score (nSPS) is 10.7. The van der Waals surface area contributed by atoms with Gasteiger partial charge in [0, 0.05) is 26.5 Å². The molecule has 0 aliphatic rings. The van der Waals surface area contributed by atoms with Crippen molar-refractivity contribution in [2.45, 2.75) is 10.6 Å². The van der Waals surface area contributed by atoms with Crippen LogP contribution >= 0.6 is 27.7 Å². The van der Waals surface area contributed by atoms with Crippen molar-refractivity contribution < 1.29 is 4.79 Å². The van der Waals surface area contributed by atoms with Crippen LogP contribution in [0.4, 0.5) is 16.2 Å². The second-order valence-electron chi connectivity index (χ2n) is 6.43. The molecule has 0 radical (unpaired) electrons. The van der Waals surface area contributed by atoms with E-state index in [9.17, 15) is 9.59 Å². The molecule has 0 atom stereocenters. The molecule has 0 fully saturated rings. The third kappa shape index (κ3) is 5.08. The van der Waals surface area contributed by atoms with E-state index in [0.29, 0.717) is 22.8 Å². The van der Waals surface area contributed by atoms with E-state index in [1.54, 1.807) is 0 Å². The van der Waals surface area contributed by atoms with Gasteiger partial charge in [0.2, 0.25) is 0 Å². The van der Waals surface area contributed by atoms with Crippen LogP contribution in [0.1, 0.15) is 5.69 Å². The monoisotopic (exact) mass is 480 g/mol. The minimum atomic E-state index is -0.315. The fourth-order valence-corrected chi connectivity index (χ4v) is 3.87. The minimum absolute atomic E-state index is 0.177. The maximum Gasteiger partial charge on any atom is 0.323 e. The molecule has 1 aromatic heterocycles. The Morgan fingerprint density at radius 1 is 0.933 bits per heavy atom. The third-order valence-corrected chi connectivity index (χ3v) is 5.81. The minimum Gasteiger partial charge on any atom is -0.319 e. The van der Waals surface area contributed by atoms with E-state index in [1.807, 2.05) is 72.8 Å². The maximum absolute atomic E-state index is 12.2. The predicted molar refractivity (Wildman–Crippen MR) is 125 cm³/mol. The molecule has 1 heterocycles. The summed E-state index contributed by atoms with van der Waals surface area (Å²) in [5.74, 6) is 0.455. The SMILES string of the molecule is O=C(Nc1ccc(Br)cc1)Nc1ccc(SCc2nc3ccccc3[nH]c2=O)cc1. The molecule has 0 bridgehead atoms. The largest absolute Gasteiger partial charge is 0.323 e. The first-order valence-electron chi connectivity index (χ1n) is 9.11. The number of rotatable bonds is 5. The van der Waals surface area contributed by atoms with Crippen LogP contribution in [0.2, 0.25) is 0 Å². The van der Waals surface area contributed by atoms with E-state index in [2.05, 4.69) is 36.5 Å². The average Bonchev–Trinajstić information content (AvgIpc) is 2.75. The number of H-pyrrole nitrogens is 1. The van der Waals surface area contributed by atoms with Crippen molar-refractivity contribution >= 4 is 56.1 Å². The first-order chi connectivity index (χ1) is 14.6. The van der Waals surface area contributed by atoms with Gasteiger partial charge in [0.05, 0.1) is 11.0 Å². The van der Waals surface area contributed by atoms with Crippen molar-refractivity contribution in [1.29, 1.82) is 0 Å². The standard InChI is InChI=1S/C22H17BrN4O2S/c23-14-5-7-15(8-6-14)24-22(29)25-16-9-11-17(12-10-16)30-13-20-21(28)27-19-4-2-1-3-18(19)26-20/h1-12H,13H2,(H,27,28)(H2,24,25,29). The van der Waals surface area contributed by atoms with E-state index in [0.717, 1.165) is 20.4 Å². The number of thioether (sulfide) groups is 1. The molecule has 0 aliphatic carbocycles. The van der Waals surface area contributed by atoms with Gasteiger partial charge in [-0.3, -0.25) is 4.79 Å². The van der Waals surface area contributed by atoms with Crippen LogP contribution in [0.25, 0.3) is 11.0 Å². The van der Waals surface area contributed by atoms with Gasteiger partial charge in [0.1, 0.15) is 5.69 Å². The molecular weight excluding hydrogens is 464 g/mol. The molecular formula is C22H17BrN4O2S. The van der Waals surface area contributed by atoms with Crippen LogP contribution < -0.4 is 16.2 Å². The molecule has 0 saturated heterocycles. The first kappa shape index (κ1) is 20.2. The van der Waals surface area contributed by atoms with E-state index in [4.69, 9.17) is 0 Å². The number of para-hydroxylation sites is 2. The molecule has 8 heteroatoms. The highest BCUT2D eigenvalue weighted by molar-refractivity contribution is 9.10. The number of nitrogens with zero attached hydrogens (tertiary/aromatic N) is 1. The number of carbonyl (C=O) groups is 1. The number of anilines is 2. The second kappa shape index (κ2) is 9.15. The summed E-state index contributed by atoms with van der Waals surface area (Å²) >= 11 is 4.87. The van der Waals surface area contributed by atoms with E-state index < -0.39 is 0 Å². The summed E-state index contributed by atoms with van der Waals surface area (Å²) in [5.41, 5.74) is 3.18. The van der Waals surface area contributed by atoms with Crippen LogP contribution in [0.3, 0.4) is 0 Å². The topological polar surface area (TPSA) is 86.9 Å². The molecule has 2 amide bonds. The van der Waals surface area contributed by atoms with E-state index in [1.165, 1.54) is 11.8 Å². The number of nitrogens with one attached hydrogen (secondary N) is 3. The number of fused-ring (bicyclic) bond motifs is 1. The molecule has 150 valence electrons. The molecule has 30 heavy (non-hydrogen) atoms. The van der Waals surface area contributed by atoms with Crippen LogP contribution in [0, 0.1) is 0 Å². The summed E-state index contributed by atoms with van der Waals surface area (Å²) in [4.78, 5) is 32.6. The van der Waals surface area contributed by atoms with Crippen LogP contribution in [0.5, 0.6) is 0 Å². The highest BCUT2D eigenvalue weighted by Gasteiger charge is 2.07. The summed E-state index contributed by atoms with van der Waals surface area (Å²) in [6, 6.07) is 21.9. The number of carbonyl (C=O) groups excluding carboxylic acids is 1. The molecule has 0 aliphatic heterocycles. The molecule has 0 saturated carbocycles. The summed E-state index contributed by atoms with van der Waals surface area (Å²) in [5, 5.41) is 5.57. The lowest BCUT2D eigenvalue weighted by Crippen LogP contribution is -2.19. The lowest BCUT2D eigenvalue weighted by Gasteiger charge is -2.08. The molecule has 4 aromatic rings. The lowest BCUT2D eigenvalue weighted by atomic mass is 10.3. The zero-order valence-electron chi connectivity index (χ0n) is 15.7. The van der Waals surface area contributed by atoms with Gasteiger partial charge >= 0.3 is 6.03 Å². The highest BCUT2D eigenvalue weighted by Crippen LogP contribution is 2.23. The number of aromatic amines is 1. The first-order valence-corrected chi connectivity index (χ1v) is 10.9. The molecule has 0 spiro atoms. The Labute approximate surface area is 185 Å². The molecule has 4 rings (SSSR count). The van der Waals surface area contributed by atoms with Gasteiger partial charge in [0.15, 0.2) is 0 Å². The van der Waals surface area contributed by atoms with Crippen LogP contribution in [0.15, 0.2) is 87.0 Å². The van der Waals surface area contributed by atoms with Gasteiger partial charge in [-0.15, -0.1) is 11.8 Å². The number of hydrogen-bond donors (Lipinski definition) is 3. The fourth-order valence-electron chi connectivity index (χ4n) is 2.78. The van der Waals surface area contributed by atoms with Gasteiger partial charge in [-0.2, -0.15) is 0 Å². The van der Waals surface area contributed by atoms with Crippen molar-refractivity contribution in [1.82, 2.24) is 9.97 Å². The Kier molecular flexibility index (Phi) is 6.15. The van der Waals surface area contributed by atoms with Gasteiger partial charge in [0.25, 0.3) is 5.56 Å². The van der Waals surface area contributed by atoms with Crippen molar-refractivity contribution in [2.75, 3.05) is 10.6 Å². The highest BCUT2D eigenvalue weighted by atomic mass is 79.9. The van der Waals surface area contributed by atoms with E-state index >= 15 is 0 Å². The Hall–Kier alpha value is -3.10. The number of hydrogen-bond acceptors (Lipinski definition) is 4. The van der Waals surface area contributed by atoms with Gasteiger partial charge in [-0.1, -0.05) is 28.1 Å². The Morgan fingerprint density at radius 2 is 1.57 bits per heavy atom. The predicted octanol–water partition coefficient (Wildman–Crippen LogP) is 5.62. The average molecular weight is 481 g/mol. The number of halogens is 1. The molecule has 0 unspecified atom stereocenters. The van der Waals surface area contributed by atoms with Crippen molar-refractivity contribution in [3.05, 3.63) is 93.3 Å². The van der Waals surface area contributed by atoms with Crippen LogP contribution in [-0.4, -0.2) is 16.0 Å². The molecule has 6 nitrogen and oxygen atoms in total. The summed E-state index contributed by atoms with van der Waals surface area (Å²) in [6.07, 6.45) is 0. The number of benzene rings is 3. The Morgan fingerprint density at radius 3 is 2.27 bits per heavy atom. The molecule has 3 N–H and O–H groups in total. The van der Waals surface area contributed by atoms with Crippen molar-refractivity contribution in [3.63, 3.8) is 0 Å². The second-order valence-corrected chi connectivity index (χ2v) is 8.39. The quantitative estimate of drug-likeness (QED) is 0.323. The van der Waals surface area contributed by atoms with E-state index in [-0.39, 0.29) is 11.6 Å². The zero-order valence-corrected chi connectivity index (χ0v) is 18.1. The Balaban J connectivity index is 1.35. The fraction of sp³-hybridized carbons (Fsp3) is 0.0455. The smallest absolute Gasteiger partial charge is 0.319 e. The van der Waals surface area contributed by atoms with Crippen molar-refractivity contribution in [2.24, 2.45) is 0 Å². The zero-order chi connectivity index (χ0) is 20.9. The summed E-state index contributed by atoms with van der Waals surface area (Å²) < 4.78 is 0.947. The number of aromatic nitrogens is 2. The van der Waals surface area contributed by atoms with Gasteiger partial charge in [-0.25, -0.2) is 9.78 Å². The van der Waals surface area contributed by atoms with Crippen LogP contribution in [-0.2, 0) is 5.75 Å². The number of amides is 2.